The summed E-state index contributed by atoms with van der Waals surface area (Å²) in [5.74, 6) is -0.142. The molecule has 0 radical (unpaired) electrons. The molecule has 0 spiro atoms. The second-order valence-electron chi connectivity index (χ2n) is 5.65. The third-order valence-electron chi connectivity index (χ3n) is 3.93. The van der Waals surface area contributed by atoms with Gasteiger partial charge in [0.05, 0.1) is 5.92 Å². The number of thiazole rings is 1. The maximum absolute atomic E-state index is 12.6. The highest BCUT2D eigenvalue weighted by Gasteiger charge is 2.19. The number of carbonyl (C=O) groups excluding carboxylic acids is 1. The van der Waals surface area contributed by atoms with Crippen molar-refractivity contribution in [1.29, 1.82) is 0 Å². The summed E-state index contributed by atoms with van der Waals surface area (Å²) in [6.07, 6.45) is 3.44. The number of amides is 1. The van der Waals surface area contributed by atoms with Crippen molar-refractivity contribution in [2.75, 3.05) is 5.32 Å². The standard InChI is InChI=1S/C20H20N2OS/c1-2-18(16-11-7-4-8-12-16)19(23)22-20-21-14-17(24-20)13-15-9-5-3-6-10-15/h3-12,14,18H,2,13H2,1H3,(H,21,22,23). The fraction of sp³-hybridized carbons (Fsp3) is 0.200. The van der Waals surface area contributed by atoms with E-state index in [0.717, 1.165) is 23.3 Å². The van der Waals surface area contributed by atoms with Gasteiger partial charge in [-0.25, -0.2) is 4.98 Å². The summed E-state index contributed by atoms with van der Waals surface area (Å²) < 4.78 is 0. The van der Waals surface area contributed by atoms with Crippen LogP contribution in [-0.2, 0) is 11.2 Å². The van der Waals surface area contributed by atoms with E-state index >= 15 is 0 Å². The lowest BCUT2D eigenvalue weighted by Crippen LogP contribution is -2.20. The summed E-state index contributed by atoms with van der Waals surface area (Å²) >= 11 is 1.54. The third-order valence-corrected chi connectivity index (χ3v) is 4.84. The van der Waals surface area contributed by atoms with E-state index in [1.807, 2.05) is 61.7 Å². The van der Waals surface area contributed by atoms with Crippen molar-refractivity contribution in [3.05, 3.63) is 82.9 Å². The van der Waals surface area contributed by atoms with E-state index in [0.29, 0.717) is 5.13 Å². The van der Waals surface area contributed by atoms with Gasteiger partial charge in [0.2, 0.25) is 5.91 Å². The van der Waals surface area contributed by atoms with Crippen LogP contribution in [0.4, 0.5) is 5.13 Å². The topological polar surface area (TPSA) is 42.0 Å². The second kappa shape index (κ2) is 7.88. The molecule has 1 unspecified atom stereocenters. The molecule has 0 fully saturated rings. The first-order chi connectivity index (χ1) is 11.8. The SMILES string of the molecule is CCC(C(=O)Nc1ncc(Cc2ccccc2)s1)c1ccccc1. The van der Waals surface area contributed by atoms with E-state index in [9.17, 15) is 4.79 Å². The van der Waals surface area contributed by atoms with Gasteiger partial charge in [0, 0.05) is 17.5 Å². The Morgan fingerprint density at radius 2 is 1.75 bits per heavy atom. The summed E-state index contributed by atoms with van der Waals surface area (Å²) in [6, 6.07) is 20.2. The van der Waals surface area contributed by atoms with Gasteiger partial charge in [0.1, 0.15) is 0 Å². The number of carbonyl (C=O) groups is 1. The number of anilines is 1. The molecule has 1 heterocycles. The average Bonchev–Trinajstić information content (AvgIpc) is 3.04. The minimum Gasteiger partial charge on any atom is -0.301 e. The van der Waals surface area contributed by atoms with E-state index in [2.05, 4.69) is 22.4 Å². The van der Waals surface area contributed by atoms with Crippen LogP contribution in [-0.4, -0.2) is 10.9 Å². The van der Waals surface area contributed by atoms with Crippen LogP contribution in [0.5, 0.6) is 0 Å². The number of rotatable bonds is 6. The van der Waals surface area contributed by atoms with Gasteiger partial charge in [0.25, 0.3) is 0 Å². The van der Waals surface area contributed by atoms with Crippen LogP contribution in [0.15, 0.2) is 66.9 Å². The second-order valence-corrected chi connectivity index (χ2v) is 6.77. The number of hydrogen-bond donors (Lipinski definition) is 1. The Kier molecular flexibility index (Phi) is 5.39. The number of nitrogens with zero attached hydrogens (tertiary/aromatic N) is 1. The Hall–Kier alpha value is -2.46. The van der Waals surface area contributed by atoms with Crippen LogP contribution in [0.1, 0.15) is 35.3 Å². The monoisotopic (exact) mass is 336 g/mol. The lowest BCUT2D eigenvalue weighted by molar-refractivity contribution is -0.117. The zero-order valence-electron chi connectivity index (χ0n) is 13.6. The average molecular weight is 336 g/mol. The molecule has 0 aliphatic carbocycles. The molecule has 1 aromatic heterocycles. The maximum Gasteiger partial charge on any atom is 0.233 e. The van der Waals surface area contributed by atoms with E-state index in [-0.39, 0.29) is 11.8 Å². The van der Waals surface area contributed by atoms with E-state index < -0.39 is 0 Å². The Morgan fingerprint density at radius 3 is 2.42 bits per heavy atom. The lowest BCUT2D eigenvalue weighted by atomic mass is 9.96. The molecule has 1 amide bonds. The molecule has 1 N–H and O–H groups in total. The lowest BCUT2D eigenvalue weighted by Gasteiger charge is -2.14. The summed E-state index contributed by atoms with van der Waals surface area (Å²) in [6.45, 7) is 2.03. The number of hydrogen-bond acceptors (Lipinski definition) is 3. The van der Waals surface area contributed by atoms with Crippen LogP contribution in [0, 0.1) is 0 Å². The van der Waals surface area contributed by atoms with Gasteiger partial charge in [-0.3, -0.25) is 4.79 Å². The first kappa shape index (κ1) is 16.4. The fourth-order valence-electron chi connectivity index (χ4n) is 2.69. The molecule has 0 aliphatic rings. The van der Waals surface area contributed by atoms with Gasteiger partial charge in [-0.15, -0.1) is 11.3 Å². The van der Waals surface area contributed by atoms with Gasteiger partial charge >= 0.3 is 0 Å². The molecule has 122 valence electrons. The van der Waals surface area contributed by atoms with E-state index in [1.54, 1.807) is 0 Å². The normalized spacial score (nSPS) is 11.9. The predicted molar refractivity (Wildman–Crippen MR) is 99.5 cm³/mol. The Labute approximate surface area is 146 Å². The predicted octanol–water partition coefficient (Wildman–Crippen LogP) is 4.87. The van der Waals surface area contributed by atoms with Gasteiger partial charge in [0.15, 0.2) is 5.13 Å². The summed E-state index contributed by atoms with van der Waals surface area (Å²) in [4.78, 5) is 18.1. The van der Waals surface area contributed by atoms with Gasteiger partial charge in [-0.05, 0) is 17.5 Å². The molecule has 0 bridgehead atoms. The zero-order chi connectivity index (χ0) is 16.8. The highest BCUT2D eigenvalue weighted by molar-refractivity contribution is 7.15. The number of benzene rings is 2. The third kappa shape index (κ3) is 4.09. The summed E-state index contributed by atoms with van der Waals surface area (Å²) in [5.41, 5.74) is 2.29. The highest BCUT2D eigenvalue weighted by atomic mass is 32.1. The van der Waals surface area contributed by atoms with Crippen LogP contribution in [0.25, 0.3) is 0 Å². The smallest absolute Gasteiger partial charge is 0.233 e. The van der Waals surface area contributed by atoms with Crippen molar-refractivity contribution in [2.24, 2.45) is 0 Å². The Balaban J connectivity index is 1.66. The minimum absolute atomic E-state index is 0.00399. The molecule has 1 atom stereocenters. The van der Waals surface area contributed by atoms with Gasteiger partial charge in [-0.1, -0.05) is 67.6 Å². The molecule has 3 rings (SSSR count). The number of nitrogens with one attached hydrogen (secondary N) is 1. The summed E-state index contributed by atoms with van der Waals surface area (Å²) in [7, 11) is 0. The molecule has 4 heteroatoms. The minimum atomic E-state index is -0.146. The Bertz CT molecular complexity index is 784. The van der Waals surface area contributed by atoms with E-state index in [4.69, 9.17) is 0 Å². The van der Waals surface area contributed by atoms with Crippen molar-refractivity contribution in [2.45, 2.75) is 25.7 Å². The van der Waals surface area contributed by atoms with Crippen LogP contribution >= 0.6 is 11.3 Å². The van der Waals surface area contributed by atoms with Crippen molar-refractivity contribution < 1.29 is 4.79 Å². The summed E-state index contributed by atoms with van der Waals surface area (Å²) in [5, 5.41) is 3.63. The molecule has 2 aromatic carbocycles. The van der Waals surface area contributed by atoms with Crippen LogP contribution < -0.4 is 5.32 Å². The van der Waals surface area contributed by atoms with Crippen molar-refractivity contribution in [1.82, 2.24) is 4.98 Å². The first-order valence-electron chi connectivity index (χ1n) is 8.10. The molecular weight excluding hydrogens is 316 g/mol. The largest absolute Gasteiger partial charge is 0.301 e. The van der Waals surface area contributed by atoms with Crippen LogP contribution in [0.3, 0.4) is 0 Å². The molecule has 0 aliphatic heterocycles. The van der Waals surface area contributed by atoms with E-state index in [1.165, 1.54) is 16.9 Å². The first-order valence-corrected chi connectivity index (χ1v) is 8.92. The molecule has 3 nitrogen and oxygen atoms in total. The quantitative estimate of drug-likeness (QED) is 0.698. The van der Waals surface area contributed by atoms with Gasteiger partial charge < -0.3 is 5.32 Å². The molecule has 0 saturated carbocycles. The van der Waals surface area contributed by atoms with Crippen molar-refractivity contribution >= 4 is 22.4 Å². The Morgan fingerprint density at radius 1 is 1.08 bits per heavy atom. The zero-order valence-corrected chi connectivity index (χ0v) is 14.4. The van der Waals surface area contributed by atoms with Gasteiger partial charge in [-0.2, -0.15) is 0 Å². The molecule has 3 aromatic rings. The van der Waals surface area contributed by atoms with Crippen LogP contribution in [0.2, 0.25) is 0 Å². The fourth-order valence-corrected chi connectivity index (χ4v) is 3.54. The number of aromatic nitrogens is 1. The maximum atomic E-state index is 12.6. The molecule has 0 saturated heterocycles. The van der Waals surface area contributed by atoms with Crippen molar-refractivity contribution in [3.8, 4) is 0 Å². The highest BCUT2D eigenvalue weighted by Crippen LogP contribution is 2.25. The molecular formula is C20H20N2OS. The van der Waals surface area contributed by atoms with Crippen molar-refractivity contribution in [3.63, 3.8) is 0 Å². The molecule has 24 heavy (non-hydrogen) atoms.